The maximum Gasteiger partial charge on any atom is 0.226 e. The van der Waals surface area contributed by atoms with Gasteiger partial charge in [-0.2, -0.15) is 0 Å². The number of para-hydroxylation sites is 3. The number of aryl methyl sites for hydroxylation is 1. The minimum absolute atomic E-state index is 0.0614. The summed E-state index contributed by atoms with van der Waals surface area (Å²) in [6.07, 6.45) is 0.369. The zero-order chi connectivity index (χ0) is 18.2. The van der Waals surface area contributed by atoms with Crippen LogP contribution in [0.3, 0.4) is 0 Å². The number of benzene rings is 3. The molecule has 26 heavy (non-hydrogen) atoms. The van der Waals surface area contributed by atoms with Gasteiger partial charge in [0.25, 0.3) is 0 Å². The van der Waals surface area contributed by atoms with Crippen LogP contribution in [0.4, 0.5) is 11.4 Å². The first-order valence-corrected chi connectivity index (χ1v) is 8.63. The van der Waals surface area contributed by atoms with Crippen molar-refractivity contribution in [1.82, 2.24) is 0 Å². The fraction of sp³-hybridized carbons (Fsp3) is 0.136. The molecule has 3 aromatic rings. The zero-order valence-electron chi connectivity index (χ0n) is 14.7. The van der Waals surface area contributed by atoms with Gasteiger partial charge in [0, 0.05) is 18.7 Å². The Bertz CT molecular complexity index is 846. The molecule has 4 heteroatoms. The lowest BCUT2D eigenvalue weighted by atomic mass is 10.2. The lowest BCUT2D eigenvalue weighted by molar-refractivity contribution is -0.116. The number of anilines is 2. The highest BCUT2D eigenvalue weighted by Gasteiger charge is 2.08. The second-order valence-electron chi connectivity index (χ2n) is 6.00. The number of rotatable bonds is 7. The number of amides is 1. The van der Waals surface area contributed by atoms with Crippen LogP contribution in [0.5, 0.6) is 11.5 Å². The van der Waals surface area contributed by atoms with E-state index in [9.17, 15) is 4.79 Å². The van der Waals surface area contributed by atoms with Crippen molar-refractivity contribution < 1.29 is 9.53 Å². The van der Waals surface area contributed by atoms with Gasteiger partial charge in [-0.3, -0.25) is 4.79 Å². The van der Waals surface area contributed by atoms with E-state index in [0.717, 1.165) is 11.4 Å². The van der Waals surface area contributed by atoms with E-state index in [1.165, 1.54) is 5.56 Å². The van der Waals surface area contributed by atoms with Crippen molar-refractivity contribution in [3.05, 3.63) is 84.4 Å². The van der Waals surface area contributed by atoms with Gasteiger partial charge in [-0.1, -0.05) is 48.0 Å². The average Bonchev–Trinajstić information content (AvgIpc) is 2.66. The van der Waals surface area contributed by atoms with Gasteiger partial charge in [-0.15, -0.1) is 0 Å². The smallest absolute Gasteiger partial charge is 0.226 e. The topological polar surface area (TPSA) is 50.4 Å². The van der Waals surface area contributed by atoms with E-state index >= 15 is 0 Å². The first-order valence-electron chi connectivity index (χ1n) is 8.63. The molecule has 1 amide bonds. The van der Waals surface area contributed by atoms with Crippen LogP contribution < -0.4 is 15.4 Å². The fourth-order valence-electron chi connectivity index (χ4n) is 2.48. The molecule has 0 aromatic heterocycles. The lowest BCUT2D eigenvalue weighted by Gasteiger charge is -2.12. The molecule has 2 N–H and O–H groups in total. The normalized spacial score (nSPS) is 10.2. The summed E-state index contributed by atoms with van der Waals surface area (Å²) < 4.78 is 5.87. The molecule has 0 heterocycles. The Balaban J connectivity index is 1.55. The Morgan fingerprint density at radius 2 is 1.58 bits per heavy atom. The molecule has 0 fully saturated rings. The Kier molecular flexibility index (Phi) is 5.88. The molecule has 0 spiro atoms. The Morgan fingerprint density at radius 3 is 2.35 bits per heavy atom. The van der Waals surface area contributed by atoms with Crippen LogP contribution >= 0.6 is 0 Å². The standard InChI is InChI=1S/C22H22N2O2/c1-17-11-13-18(14-12-17)23-16-15-22(25)24-20-9-5-6-10-21(20)26-19-7-3-2-4-8-19/h2-14,23H,15-16H2,1H3,(H,24,25). The van der Waals surface area contributed by atoms with Crippen LogP contribution in [0.1, 0.15) is 12.0 Å². The summed E-state index contributed by atoms with van der Waals surface area (Å²) in [6, 6.07) is 25.0. The second kappa shape index (κ2) is 8.72. The highest BCUT2D eigenvalue weighted by Crippen LogP contribution is 2.29. The molecule has 3 rings (SSSR count). The van der Waals surface area contributed by atoms with E-state index in [1.54, 1.807) is 0 Å². The van der Waals surface area contributed by atoms with E-state index < -0.39 is 0 Å². The minimum atomic E-state index is -0.0614. The summed E-state index contributed by atoms with van der Waals surface area (Å²) in [5.41, 5.74) is 2.89. The largest absolute Gasteiger partial charge is 0.455 e. The molecule has 0 unspecified atom stereocenters. The van der Waals surface area contributed by atoms with Gasteiger partial charge in [-0.25, -0.2) is 0 Å². The van der Waals surface area contributed by atoms with Gasteiger partial charge in [-0.05, 0) is 43.3 Å². The summed E-state index contributed by atoms with van der Waals surface area (Å²) in [5.74, 6) is 1.29. The number of hydrogen-bond donors (Lipinski definition) is 2. The third-order valence-electron chi connectivity index (χ3n) is 3.86. The van der Waals surface area contributed by atoms with Crippen LogP contribution in [0.25, 0.3) is 0 Å². The van der Waals surface area contributed by atoms with Gasteiger partial charge in [0.05, 0.1) is 5.69 Å². The predicted molar refractivity (Wildman–Crippen MR) is 106 cm³/mol. The van der Waals surface area contributed by atoms with E-state index in [0.29, 0.717) is 24.4 Å². The maximum absolute atomic E-state index is 12.3. The van der Waals surface area contributed by atoms with E-state index in [1.807, 2.05) is 85.8 Å². The fourth-order valence-corrected chi connectivity index (χ4v) is 2.48. The molecule has 0 aliphatic heterocycles. The minimum Gasteiger partial charge on any atom is -0.455 e. The second-order valence-corrected chi connectivity index (χ2v) is 6.00. The van der Waals surface area contributed by atoms with Gasteiger partial charge in [0.2, 0.25) is 5.91 Å². The van der Waals surface area contributed by atoms with Crippen molar-refractivity contribution in [2.24, 2.45) is 0 Å². The molecule has 0 aliphatic rings. The Morgan fingerprint density at radius 1 is 0.885 bits per heavy atom. The van der Waals surface area contributed by atoms with Crippen LogP contribution in [0.15, 0.2) is 78.9 Å². The maximum atomic E-state index is 12.3. The summed E-state index contributed by atoms with van der Waals surface area (Å²) >= 11 is 0. The van der Waals surface area contributed by atoms with Gasteiger partial charge >= 0.3 is 0 Å². The van der Waals surface area contributed by atoms with Crippen molar-refractivity contribution in [3.8, 4) is 11.5 Å². The van der Waals surface area contributed by atoms with Crippen LogP contribution in [0.2, 0.25) is 0 Å². The highest BCUT2D eigenvalue weighted by atomic mass is 16.5. The average molecular weight is 346 g/mol. The third-order valence-corrected chi connectivity index (χ3v) is 3.86. The Labute approximate surface area is 153 Å². The zero-order valence-corrected chi connectivity index (χ0v) is 14.7. The van der Waals surface area contributed by atoms with E-state index in [-0.39, 0.29) is 5.91 Å². The SMILES string of the molecule is Cc1ccc(NCCC(=O)Nc2ccccc2Oc2ccccc2)cc1. The number of carbonyl (C=O) groups excluding carboxylic acids is 1. The first-order chi connectivity index (χ1) is 12.7. The molecule has 0 radical (unpaired) electrons. The third kappa shape index (κ3) is 5.11. The summed E-state index contributed by atoms with van der Waals surface area (Å²) in [5, 5.41) is 6.17. The number of nitrogens with one attached hydrogen (secondary N) is 2. The molecule has 0 saturated heterocycles. The highest BCUT2D eigenvalue weighted by molar-refractivity contribution is 5.92. The van der Waals surface area contributed by atoms with Crippen LogP contribution in [-0.4, -0.2) is 12.5 Å². The van der Waals surface area contributed by atoms with Gasteiger partial charge in [0.1, 0.15) is 5.75 Å². The number of hydrogen-bond acceptors (Lipinski definition) is 3. The van der Waals surface area contributed by atoms with Crippen molar-refractivity contribution >= 4 is 17.3 Å². The number of ether oxygens (including phenoxy) is 1. The first kappa shape index (κ1) is 17.5. The van der Waals surface area contributed by atoms with E-state index in [2.05, 4.69) is 10.6 Å². The van der Waals surface area contributed by atoms with Crippen LogP contribution in [-0.2, 0) is 4.79 Å². The molecular formula is C22H22N2O2. The molecule has 3 aromatic carbocycles. The summed E-state index contributed by atoms with van der Waals surface area (Å²) in [7, 11) is 0. The molecule has 0 atom stereocenters. The summed E-state index contributed by atoms with van der Waals surface area (Å²) in [4.78, 5) is 12.3. The molecule has 0 saturated carbocycles. The molecule has 0 aliphatic carbocycles. The van der Waals surface area contributed by atoms with Crippen molar-refractivity contribution in [2.45, 2.75) is 13.3 Å². The number of carbonyl (C=O) groups is 1. The molecule has 0 bridgehead atoms. The van der Waals surface area contributed by atoms with Crippen LogP contribution in [0, 0.1) is 6.92 Å². The van der Waals surface area contributed by atoms with Gasteiger partial charge in [0.15, 0.2) is 5.75 Å². The van der Waals surface area contributed by atoms with Gasteiger partial charge < -0.3 is 15.4 Å². The molecular weight excluding hydrogens is 324 g/mol. The van der Waals surface area contributed by atoms with E-state index in [4.69, 9.17) is 4.74 Å². The quantitative estimate of drug-likeness (QED) is 0.616. The van der Waals surface area contributed by atoms with Crippen molar-refractivity contribution in [1.29, 1.82) is 0 Å². The Hall–Kier alpha value is -3.27. The monoisotopic (exact) mass is 346 g/mol. The lowest BCUT2D eigenvalue weighted by Crippen LogP contribution is -2.16. The van der Waals surface area contributed by atoms with Crippen molar-refractivity contribution in [3.63, 3.8) is 0 Å². The predicted octanol–water partition coefficient (Wildman–Crippen LogP) is 5.23. The molecule has 4 nitrogen and oxygen atoms in total. The molecule has 132 valence electrons. The summed E-state index contributed by atoms with van der Waals surface area (Å²) in [6.45, 7) is 2.61. The van der Waals surface area contributed by atoms with Crippen molar-refractivity contribution in [2.75, 3.05) is 17.2 Å².